The van der Waals surface area contributed by atoms with Crippen molar-refractivity contribution in [2.75, 3.05) is 11.9 Å². The molecule has 0 atom stereocenters. The number of nitrogens with zero attached hydrogens (tertiary/aromatic N) is 1. The lowest BCUT2D eigenvalue weighted by Gasteiger charge is -2.11. The average Bonchev–Trinajstić information content (AvgIpc) is 2.60. The van der Waals surface area contributed by atoms with Gasteiger partial charge in [-0.3, -0.25) is 9.59 Å². The summed E-state index contributed by atoms with van der Waals surface area (Å²) in [5.41, 5.74) is 1.62. The lowest BCUT2D eigenvalue weighted by molar-refractivity contribution is 0.0954. The van der Waals surface area contributed by atoms with Gasteiger partial charge in [0, 0.05) is 12.1 Å². The summed E-state index contributed by atoms with van der Waals surface area (Å²) in [5.74, 6) is -0.591. The van der Waals surface area contributed by atoms with Gasteiger partial charge >= 0.3 is 0 Å². The molecule has 2 amide bonds. The van der Waals surface area contributed by atoms with Gasteiger partial charge < -0.3 is 10.6 Å². The number of para-hydroxylation sites is 1. The Bertz CT molecular complexity index is 763. The Labute approximate surface area is 134 Å². The maximum Gasteiger partial charge on any atom is 0.255 e. The SMILES string of the molecule is CCCNC(=O)c1ccccc1NC(=O)c1cccc(C#N)c1. The number of nitriles is 1. The van der Waals surface area contributed by atoms with E-state index >= 15 is 0 Å². The second-order valence-corrected chi connectivity index (χ2v) is 4.95. The first-order valence-corrected chi connectivity index (χ1v) is 7.34. The third-order valence-electron chi connectivity index (χ3n) is 3.21. The lowest BCUT2D eigenvalue weighted by Crippen LogP contribution is -2.25. The largest absolute Gasteiger partial charge is 0.352 e. The summed E-state index contributed by atoms with van der Waals surface area (Å²) in [6.07, 6.45) is 0.835. The maximum absolute atomic E-state index is 12.3. The highest BCUT2D eigenvalue weighted by Gasteiger charge is 2.13. The Balaban J connectivity index is 2.21. The third-order valence-corrected chi connectivity index (χ3v) is 3.21. The van der Waals surface area contributed by atoms with Crippen molar-refractivity contribution in [1.29, 1.82) is 5.26 Å². The van der Waals surface area contributed by atoms with Crippen LogP contribution in [0.1, 0.15) is 39.6 Å². The van der Waals surface area contributed by atoms with E-state index in [-0.39, 0.29) is 11.8 Å². The predicted molar refractivity (Wildman–Crippen MR) is 88.2 cm³/mol. The van der Waals surface area contributed by atoms with Crippen LogP contribution in [0.3, 0.4) is 0 Å². The van der Waals surface area contributed by atoms with Crippen LogP contribution in [-0.2, 0) is 0 Å². The van der Waals surface area contributed by atoms with Crippen LogP contribution in [0.25, 0.3) is 0 Å². The van der Waals surface area contributed by atoms with Crippen molar-refractivity contribution < 1.29 is 9.59 Å². The zero-order valence-corrected chi connectivity index (χ0v) is 12.8. The molecule has 0 unspecified atom stereocenters. The number of benzene rings is 2. The third kappa shape index (κ3) is 4.17. The molecule has 2 aromatic carbocycles. The van der Waals surface area contributed by atoms with Crippen molar-refractivity contribution in [2.45, 2.75) is 13.3 Å². The highest BCUT2D eigenvalue weighted by Crippen LogP contribution is 2.16. The van der Waals surface area contributed by atoms with Gasteiger partial charge in [0.25, 0.3) is 11.8 Å². The van der Waals surface area contributed by atoms with Crippen LogP contribution in [0.2, 0.25) is 0 Å². The number of anilines is 1. The van der Waals surface area contributed by atoms with Crippen LogP contribution in [0.15, 0.2) is 48.5 Å². The molecule has 0 fully saturated rings. The molecule has 0 saturated carbocycles. The molecule has 5 heteroatoms. The summed E-state index contributed by atoms with van der Waals surface area (Å²) in [6, 6.07) is 15.2. The van der Waals surface area contributed by atoms with Crippen LogP contribution < -0.4 is 10.6 Å². The molecule has 0 spiro atoms. The second-order valence-electron chi connectivity index (χ2n) is 4.95. The minimum atomic E-state index is -0.363. The van der Waals surface area contributed by atoms with Gasteiger partial charge in [-0.25, -0.2) is 0 Å². The van der Waals surface area contributed by atoms with Crippen molar-refractivity contribution in [3.63, 3.8) is 0 Å². The normalized spacial score (nSPS) is 9.74. The van der Waals surface area contributed by atoms with Gasteiger partial charge in [0.15, 0.2) is 0 Å². The molecule has 5 nitrogen and oxygen atoms in total. The van der Waals surface area contributed by atoms with Crippen LogP contribution in [0.4, 0.5) is 5.69 Å². The minimum Gasteiger partial charge on any atom is -0.352 e. The molecule has 0 heterocycles. The molecule has 0 bridgehead atoms. The van der Waals surface area contributed by atoms with Crippen molar-refractivity contribution in [2.24, 2.45) is 0 Å². The fraction of sp³-hybridized carbons (Fsp3) is 0.167. The van der Waals surface area contributed by atoms with Crippen LogP contribution >= 0.6 is 0 Å². The molecular formula is C18H17N3O2. The fourth-order valence-corrected chi connectivity index (χ4v) is 2.05. The number of amides is 2. The van der Waals surface area contributed by atoms with Crippen molar-refractivity contribution in [3.8, 4) is 6.07 Å². The van der Waals surface area contributed by atoms with E-state index in [1.165, 1.54) is 6.07 Å². The quantitative estimate of drug-likeness (QED) is 0.891. The topological polar surface area (TPSA) is 82.0 Å². The number of carbonyl (C=O) groups excluding carboxylic acids is 2. The summed E-state index contributed by atoms with van der Waals surface area (Å²) in [7, 11) is 0. The van der Waals surface area contributed by atoms with E-state index in [0.29, 0.717) is 28.9 Å². The molecule has 116 valence electrons. The first kappa shape index (κ1) is 16.2. The van der Waals surface area contributed by atoms with Crippen LogP contribution in [0.5, 0.6) is 0 Å². The lowest BCUT2D eigenvalue weighted by atomic mass is 10.1. The standard InChI is InChI=1S/C18H17N3O2/c1-2-10-20-18(23)15-8-3-4-9-16(15)21-17(22)14-7-5-6-13(11-14)12-19/h3-9,11H,2,10H2,1H3,(H,20,23)(H,21,22). The zero-order valence-electron chi connectivity index (χ0n) is 12.8. The molecule has 2 aromatic rings. The summed E-state index contributed by atoms with van der Waals surface area (Å²) < 4.78 is 0. The monoisotopic (exact) mass is 307 g/mol. The molecule has 2 rings (SSSR count). The number of nitrogens with one attached hydrogen (secondary N) is 2. The van der Waals surface area contributed by atoms with E-state index < -0.39 is 0 Å². The Morgan fingerprint density at radius 1 is 1.09 bits per heavy atom. The number of hydrogen-bond donors (Lipinski definition) is 2. The second kappa shape index (κ2) is 7.76. The minimum absolute atomic E-state index is 0.228. The number of carbonyl (C=O) groups is 2. The van der Waals surface area contributed by atoms with E-state index in [0.717, 1.165) is 6.42 Å². The van der Waals surface area contributed by atoms with Gasteiger partial charge in [-0.15, -0.1) is 0 Å². The van der Waals surface area contributed by atoms with Gasteiger partial charge in [-0.05, 0) is 36.8 Å². The van der Waals surface area contributed by atoms with Gasteiger partial charge in [0.05, 0.1) is 22.9 Å². The Morgan fingerprint density at radius 3 is 2.61 bits per heavy atom. The summed E-state index contributed by atoms with van der Waals surface area (Å²) >= 11 is 0. The highest BCUT2D eigenvalue weighted by molar-refractivity contribution is 6.09. The smallest absolute Gasteiger partial charge is 0.255 e. The molecule has 0 saturated heterocycles. The van der Waals surface area contributed by atoms with E-state index in [4.69, 9.17) is 5.26 Å². The van der Waals surface area contributed by atoms with Gasteiger partial charge in [-0.2, -0.15) is 5.26 Å². The van der Waals surface area contributed by atoms with Gasteiger partial charge in [0.1, 0.15) is 0 Å². The molecule has 0 aliphatic carbocycles. The Hall–Kier alpha value is -3.13. The van der Waals surface area contributed by atoms with Gasteiger partial charge in [0.2, 0.25) is 0 Å². The summed E-state index contributed by atoms with van der Waals surface area (Å²) in [5, 5.41) is 14.4. The highest BCUT2D eigenvalue weighted by atomic mass is 16.2. The maximum atomic E-state index is 12.3. The first-order chi connectivity index (χ1) is 11.2. The van der Waals surface area contributed by atoms with Crippen LogP contribution in [-0.4, -0.2) is 18.4 Å². The van der Waals surface area contributed by atoms with Crippen molar-refractivity contribution in [1.82, 2.24) is 5.32 Å². The van der Waals surface area contributed by atoms with Gasteiger partial charge in [-0.1, -0.05) is 25.1 Å². The molecule has 0 radical (unpaired) electrons. The van der Waals surface area contributed by atoms with E-state index in [9.17, 15) is 9.59 Å². The van der Waals surface area contributed by atoms with E-state index in [1.807, 2.05) is 13.0 Å². The fourth-order valence-electron chi connectivity index (χ4n) is 2.05. The van der Waals surface area contributed by atoms with E-state index in [2.05, 4.69) is 10.6 Å². The Kier molecular flexibility index (Phi) is 5.48. The molecule has 0 aromatic heterocycles. The predicted octanol–water partition coefficient (Wildman–Crippen LogP) is 2.95. The van der Waals surface area contributed by atoms with Crippen LogP contribution in [0, 0.1) is 11.3 Å². The zero-order chi connectivity index (χ0) is 16.7. The molecule has 2 N–H and O–H groups in total. The molecule has 0 aliphatic rings. The van der Waals surface area contributed by atoms with E-state index in [1.54, 1.807) is 42.5 Å². The number of rotatable bonds is 5. The average molecular weight is 307 g/mol. The number of hydrogen-bond acceptors (Lipinski definition) is 3. The van der Waals surface area contributed by atoms with Crippen molar-refractivity contribution >= 4 is 17.5 Å². The van der Waals surface area contributed by atoms with Crippen molar-refractivity contribution in [3.05, 3.63) is 65.2 Å². The molecular weight excluding hydrogens is 290 g/mol. The Morgan fingerprint density at radius 2 is 1.87 bits per heavy atom. The first-order valence-electron chi connectivity index (χ1n) is 7.34. The molecule has 0 aliphatic heterocycles. The summed E-state index contributed by atoms with van der Waals surface area (Å²) in [4.78, 5) is 24.5. The molecule has 23 heavy (non-hydrogen) atoms. The summed E-state index contributed by atoms with van der Waals surface area (Å²) in [6.45, 7) is 2.54.